The third-order valence-corrected chi connectivity index (χ3v) is 9.39. The maximum absolute atomic E-state index is 12.2. The molecule has 304 valence electrons. The second-order valence-corrected chi connectivity index (χ2v) is 14.0. The molecule has 1 atom stereocenters. The number of furan rings is 1. The standard InChI is InChI=1S/C14H10O4.C14H8O4.C10H6O3.C4H5BrO.C4H6O/c2*1-7(15)11-6-10-12(16)8-4-2-3-5-9(8)13(17)14(10)18-11;11-8-5-9(12)10(13)7-4-2-1-3-6(7)8;1-3(5)4(2)6;1-3-4(2)5/h2-5,11H,6H2,1H3;2-6H,1H3;1-5,11H;1H2,2H3;3H,1H2,2H3. The van der Waals surface area contributed by atoms with Crippen LogP contribution in [0.25, 0.3) is 5.76 Å². The number of ketones is 10. The predicted octanol–water partition coefficient (Wildman–Crippen LogP) is 7.55. The van der Waals surface area contributed by atoms with Crippen molar-refractivity contribution in [1.29, 1.82) is 0 Å². The second kappa shape index (κ2) is 19.4. The number of allylic oxidation sites excluding steroid dienone is 4. The molecule has 0 bridgehead atoms. The van der Waals surface area contributed by atoms with E-state index in [2.05, 4.69) is 29.1 Å². The third-order valence-electron chi connectivity index (χ3n) is 8.83. The Kier molecular flexibility index (Phi) is 14.7. The first kappa shape index (κ1) is 45.4. The Morgan fingerprint density at radius 1 is 0.683 bits per heavy atom. The fraction of sp³-hybridized carbons (Fsp3) is 0.130. The van der Waals surface area contributed by atoms with Crippen LogP contribution in [0.2, 0.25) is 0 Å². The predicted molar refractivity (Wildman–Crippen MR) is 220 cm³/mol. The normalized spacial score (nSPS) is 15.0. The van der Waals surface area contributed by atoms with Crippen LogP contribution in [0.5, 0.6) is 0 Å². The van der Waals surface area contributed by atoms with Gasteiger partial charge in [0, 0.05) is 52.8 Å². The molecule has 0 saturated heterocycles. The average Bonchev–Trinajstić information content (AvgIpc) is 3.90. The Bertz CT molecular complexity index is 2520. The Morgan fingerprint density at radius 2 is 1.12 bits per heavy atom. The lowest BCUT2D eigenvalue weighted by molar-refractivity contribution is -0.124. The first-order valence-corrected chi connectivity index (χ1v) is 18.6. The van der Waals surface area contributed by atoms with Crippen molar-refractivity contribution in [3.63, 3.8) is 0 Å². The Morgan fingerprint density at radius 3 is 1.57 bits per heavy atom. The highest BCUT2D eigenvalue weighted by atomic mass is 79.9. The highest BCUT2D eigenvalue weighted by Gasteiger charge is 2.41. The van der Waals surface area contributed by atoms with Gasteiger partial charge in [-0.05, 0) is 48.8 Å². The minimum atomic E-state index is -0.697. The van der Waals surface area contributed by atoms with Crippen LogP contribution < -0.4 is 0 Å². The van der Waals surface area contributed by atoms with Crippen molar-refractivity contribution in [1.82, 2.24) is 0 Å². The van der Waals surface area contributed by atoms with Gasteiger partial charge in [-0.15, -0.1) is 0 Å². The van der Waals surface area contributed by atoms with E-state index in [1.165, 1.54) is 45.9 Å². The molecule has 0 spiro atoms. The summed E-state index contributed by atoms with van der Waals surface area (Å²) in [7, 11) is 0. The molecule has 1 aromatic heterocycles. The van der Waals surface area contributed by atoms with Crippen LogP contribution in [0.4, 0.5) is 0 Å². The van der Waals surface area contributed by atoms with E-state index in [0.717, 1.165) is 6.08 Å². The Balaban J connectivity index is 0.000000178. The van der Waals surface area contributed by atoms with Crippen LogP contribution in [-0.2, 0) is 23.9 Å². The zero-order valence-electron chi connectivity index (χ0n) is 32.6. The van der Waals surface area contributed by atoms with Crippen molar-refractivity contribution < 1.29 is 62.2 Å². The number of carbonyl (C=O) groups excluding carboxylic acids is 10. The molecule has 0 saturated carbocycles. The van der Waals surface area contributed by atoms with Gasteiger partial charge >= 0.3 is 0 Å². The number of fused-ring (bicyclic) bond motifs is 4. The number of aliphatic hydroxyl groups is 1. The quantitative estimate of drug-likeness (QED) is 0.105. The van der Waals surface area contributed by atoms with Crippen molar-refractivity contribution in [2.75, 3.05) is 0 Å². The minimum absolute atomic E-state index is 0.0185. The monoisotopic (exact) mass is 874 g/mol. The lowest BCUT2D eigenvalue weighted by atomic mass is 9.87. The van der Waals surface area contributed by atoms with Gasteiger partial charge in [-0.3, -0.25) is 47.9 Å². The molecule has 1 aliphatic heterocycles. The fourth-order valence-electron chi connectivity index (χ4n) is 5.66. The highest BCUT2D eigenvalue weighted by Crippen LogP contribution is 2.36. The highest BCUT2D eigenvalue weighted by molar-refractivity contribution is 9.12. The zero-order valence-corrected chi connectivity index (χ0v) is 34.2. The average molecular weight is 876 g/mol. The molecular weight excluding hydrogens is 840 g/mol. The molecule has 0 fully saturated rings. The summed E-state index contributed by atoms with van der Waals surface area (Å²) in [6.07, 6.45) is 1.73. The molecule has 0 radical (unpaired) electrons. The van der Waals surface area contributed by atoms with Gasteiger partial charge in [0.2, 0.25) is 23.1 Å². The van der Waals surface area contributed by atoms with Gasteiger partial charge < -0.3 is 14.3 Å². The molecule has 4 aliphatic rings. The number of aliphatic hydroxyl groups excluding tert-OH is 1. The fourth-order valence-corrected chi connectivity index (χ4v) is 5.66. The number of hydrogen-bond donors (Lipinski definition) is 1. The summed E-state index contributed by atoms with van der Waals surface area (Å²) in [5.41, 5.74) is 2.62. The van der Waals surface area contributed by atoms with Gasteiger partial charge in [-0.1, -0.05) is 86.0 Å². The van der Waals surface area contributed by atoms with Crippen LogP contribution >= 0.6 is 15.9 Å². The summed E-state index contributed by atoms with van der Waals surface area (Å²) in [4.78, 5) is 113. The van der Waals surface area contributed by atoms with E-state index >= 15 is 0 Å². The van der Waals surface area contributed by atoms with Crippen LogP contribution in [-0.4, -0.2) is 69.0 Å². The van der Waals surface area contributed by atoms with Crippen molar-refractivity contribution in [2.24, 2.45) is 0 Å². The number of halogens is 1. The number of ether oxygens (including phenoxy) is 1. The molecule has 3 aromatic carbocycles. The summed E-state index contributed by atoms with van der Waals surface area (Å²) < 4.78 is 10.9. The molecule has 4 aromatic rings. The van der Waals surface area contributed by atoms with Crippen molar-refractivity contribution >= 4 is 79.5 Å². The van der Waals surface area contributed by atoms with Crippen molar-refractivity contribution in [2.45, 2.75) is 40.2 Å². The van der Waals surface area contributed by atoms with E-state index < -0.39 is 17.7 Å². The molecule has 1 unspecified atom stereocenters. The first-order chi connectivity index (χ1) is 28.3. The Labute approximate surface area is 351 Å². The zero-order chi connectivity index (χ0) is 44.6. The minimum Gasteiger partial charge on any atom is -0.507 e. The summed E-state index contributed by atoms with van der Waals surface area (Å²) in [5.74, 6) is -2.94. The van der Waals surface area contributed by atoms with E-state index in [9.17, 15) is 53.1 Å². The largest absolute Gasteiger partial charge is 0.507 e. The smallest absolute Gasteiger partial charge is 0.233 e. The molecule has 60 heavy (non-hydrogen) atoms. The Hall–Kier alpha value is -7.32. The van der Waals surface area contributed by atoms with E-state index in [-0.39, 0.29) is 86.9 Å². The van der Waals surface area contributed by atoms with Crippen LogP contribution in [0.1, 0.15) is 113 Å². The SMILES string of the molecule is C=C(Br)C(C)=O.C=CC(C)=O.CC(=O)C1CC2=C(O1)C(=O)c1ccccc1C2=O.CC(=O)c1cc2c(o1)C(=O)c1ccccc1C2=O.O=C1C=C(O)c2ccccc2C1=O. The summed E-state index contributed by atoms with van der Waals surface area (Å²) in [5, 5.41) is 9.34. The van der Waals surface area contributed by atoms with Gasteiger partial charge in [0.15, 0.2) is 58.1 Å². The van der Waals surface area contributed by atoms with Crippen LogP contribution in [0.3, 0.4) is 0 Å². The van der Waals surface area contributed by atoms with Crippen LogP contribution in [0.15, 0.2) is 124 Å². The summed E-state index contributed by atoms with van der Waals surface area (Å²) in [6.45, 7) is 12.2. The van der Waals surface area contributed by atoms with E-state index in [1.807, 2.05) is 0 Å². The summed E-state index contributed by atoms with van der Waals surface area (Å²) in [6, 6.07) is 21.0. The molecule has 8 rings (SSSR count). The topological polar surface area (TPSA) is 213 Å². The number of hydrogen-bond acceptors (Lipinski definition) is 13. The number of rotatable bonds is 4. The second-order valence-electron chi connectivity index (χ2n) is 13.1. The number of Topliss-reactive ketones (excluding diaryl/α,β-unsaturated/α-hetero) is 6. The molecule has 0 amide bonds. The van der Waals surface area contributed by atoms with E-state index in [4.69, 9.17) is 9.15 Å². The van der Waals surface area contributed by atoms with Gasteiger partial charge in [-0.25, -0.2) is 0 Å². The van der Waals surface area contributed by atoms with Crippen molar-refractivity contribution in [3.8, 4) is 0 Å². The van der Waals surface area contributed by atoms with Gasteiger partial charge in [0.25, 0.3) is 0 Å². The van der Waals surface area contributed by atoms with E-state index in [1.54, 1.807) is 66.7 Å². The molecule has 2 heterocycles. The molecule has 3 aliphatic carbocycles. The number of benzene rings is 3. The lowest BCUT2D eigenvalue weighted by Crippen LogP contribution is -2.20. The third kappa shape index (κ3) is 10.0. The molecule has 14 heteroatoms. The summed E-state index contributed by atoms with van der Waals surface area (Å²) >= 11 is 2.89. The van der Waals surface area contributed by atoms with Crippen molar-refractivity contribution in [3.05, 3.63) is 170 Å². The molecule has 13 nitrogen and oxygen atoms in total. The molecular formula is C46H35BrO13. The van der Waals surface area contributed by atoms with Gasteiger partial charge in [0.1, 0.15) is 5.76 Å². The maximum atomic E-state index is 12.2. The van der Waals surface area contributed by atoms with Crippen LogP contribution in [0, 0.1) is 0 Å². The molecule has 1 N–H and O–H groups in total. The van der Waals surface area contributed by atoms with Gasteiger partial charge in [-0.2, -0.15) is 0 Å². The first-order valence-electron chi connectivity index (χ1n) is 17.8. The lowest BCUT2D eigenvalue weighted by Gasteiger charge is -2.14. The maximum Gasteiger partial charge on any atom is 0.233 e. The number of carbonyl (C=O) groups is 10. The van der Waals surface area contributed by atoms with E-state index in [0.29, 0.717) is 37.9 Å². The van der Waals surface area contributed by atoms with Gasteiger partial charge in [0.05, 0.1) is 15.6 Å².